The summed E-state index contributed by atoms with van der Waals surface area (Å²) in [6.07, 6.45) is 0. The van der Waals surface area contributed by atoms with Gasteiger partial charge in [-0.25, -0.2) is 0 Å². The first-order chi connectivity index (χ1) is 9.31. The van der Waals surface area contributed by atoms with E-state index in [2.05, 4.69) is 69.5 Å². The van der Waals surface area contributed by atoms with Crippen molar-refractivity contribution in [3.05, 3.63) is 35.9 Å². The molecular formula is C17H29NOSi. The Morgan fingerprint density at radius 3 is 2.40 bits per heavy atom. The Kier molecular flexibility index (Phi) is 4.72. The van der Waals surface area contributed by atoms with Crippen LogP contribution in [0.3, 0.4) is 0 Å². The van der Waals surface area contributed by atoms with Crippen LogP contribution in [0.5, 0.6) is 0 Å². The summed E-state index contributed by atoms with van der Waals surface area (Å²) in [5.74, 6) is 1.20. The van der Waals surface area contributed by atoms with Gasteiger partial charge in [-0.3, -0.25) is 0 Å². The number of nitrogens with one attached hydrogen (secondary N) is 1. The minimum Gasteiger partial charge on any atom is -0.416 e. The molecule has 2 unspecified atom stereocenters. The van der Waals surface area contributed by atoms with Crippen LogP contribution in [-0.2, 0) is 4.43 Å². The largest absolute Gasteiger partial charge is 0.416 e. The van der Waals surface area contributed by atoms with E-state index in [-0.39, 0.29) is 0 Å². The molecule has 1 aromatic rings. The molecule has 0 saturated carbocycles. The Morgan fingerprint density at radius 1 is 1.15 bits per heavy atom. The van der Waals surface area contributed by atoms with Crippen molar-refractivity contribution in [3.63, 3.8) is 0 Å². The lowest BCUT2D eigenvalue weighted by molar-refractivity contribution is 0.227. The van der Waals surface area contributed by atoms with Gasteiger partial charge in [0, 0.05) is 31.5 Å². The topological polar surface area (TPSA) is 21.3 Å². The Bertz CT molecular complexity index is 424. The second-order valence-electron chi connectivity index (χ2n) is 7.51. The van der Waals surface area contributed by atoms with Gasteiger partial charge < -0.3 is 9.74 Å². The van der Waals surface area contributed by atoms with Crippen molar-refractivity contribution in [2.75, 3.05) is 19.7 Å². The SMILES string of the molecule is CC(C)(C)[Si](C)(C)OCC1CNCC1c1ccccc1. The molecule has 0 aliphatic carbocycles. The molecular weight excluding hydrogens is 262 g/mol. The van der Waals surface area contributed by atoms with Gasteiger partial charge in [-0.05, 0) is 23.7 Å². The van der Waals surface area contributed by atoms with Crippen LogP contribution in [0.4, 0.5) is 0 Å². The van der Waals surface area contributed by atoms with Gasteiger partial charge in [0.2, 0.25) is 0 Å². The van der Waals surface area contributed by atoms with Crippen molar-refractivity contribution in [1.29, 1.82) is 0 Å². The van der Waals surface area contributed by atoms with Gasteiger partial charge in [0.15, 0.2) is 8.32 Å². The maximum absolute atomic E-state index is 6.43. The van der Waals surface area contributed by atoms with Crippen molar-refractivity contribution in [2.45, 2.75) is 44.8 Å². The second-order valence-corrected chi connectivity index (χ2v) is 12.3. The van der Waals surface area contributed by atoms with Crippen LogP contribution in [0.2, 0.25) is 18.1 Å². The van der Waals surface area contributed by atoms with Gasteiger partial charge in [0.05, 0.1) is 0 Å². The summed E-state index contributed by atoms with van der Waals surface area (Å²) in [4.78, 5) is 0. The molecule has 1 aromatic carbocycles. The highest BCUT2D eigenvalue weighted by molar-refractivity contribution is 6.74. The highest BCUT2D eigenvalue weighted by Gasteiger charge is 2.39. The molecule has 1 saturated heterocycles. The summed E-state index contributed by atoms with van der Waals surface area (Å²) in [6, 6.07) is 10.9. The Balaban J connectivity index is 1.99. The van der Waals surface area contributed by atoms with Crippen molar-refractivity contribution in [2.24, 2.45) is 5.92 Å². The van der Waals surface area contributed by atoms with E-state index in [1.807, 2.05) is 0 Å². The van der Waals surface area contributed by atoms with Crippen LogP contribution < -0.4 is 5.32 Å². The fourth-order valence-electron chi connectivity index (χ4n) is 2.53. The minimum absolute atomic E-state index is 0.293. The molecule has 1 aliphatic rings. The summed E-state index contributed by atoms with van der Waals surface area (Å²) in [6.45, 7) is 14.6. The predicted molar refractivity (Wildman–Crippen MR) is 88.7 cm³/mol. The van der Waals surface area contributed by atoms with E-state index < -0.39 is 8.32 Å². The fraction of sp³-hybridized carbons (Fsp3) is 0.647. The summed E-state index contributed by atoms with van der Waals surface area (Å²) in [5.41, 5.74) is 1.45. The van der Waals surface area contributed by atoms with E-state index >= 15 is 0 Å². The van der Waals surface area contributed by atoms with Crippen molar-refractivity contribution >= 4 is 8.32 Å². The first kappa shape index (κ1) is 15.7. The van der Waals surface area contributed by atoms with E-state index in [0.29, 0.717) is 16.9 Å². The molecule has 0 bridgehead atoms. The van der Waals surface area contributed by atoms with E-state index in [1.54, 1.807) is 0 Å². The molecule has 0 aromatic heterocycles. The number of rotatable bonds is 4. The van der Waals surface area contributed by atoms with Gasteiger partial charge in [0.25, 0.3) is 0 Å². The van der Waals surface area contributed by atoms with Crippen LogP contribution in [0.25, 0.3) is 0 Å². The molecule has 0 spiro atoms. The maximum atomic E-state index is 6.43. The number of hydrogen-bond acceptors (Lipinski definition) is 2. The lowest BCUT2D eigenvalue weighted by atomic mass is 9.90. The van der Waals surface area contributed by atoms with Crippen LogP contribution in [0.15, 0.2) is 30.3 Å². The van der Waals surface area contributed by atoms with E-state index in [0.717, 1.165) is 19.7 Å². The quantitative estimate of drug-likeness (QED) is 0.846. The zero-order valence-electron chi connectivity index (χ0n) is 13.6. The summed E-state index contributed by atoms with van der Waals surface area (Å²) >= 11 is 0. The maximum Gasteiger partial charge on any atom is 0.191 e. The first-order valence-corrected chi connectivity index (χ1v) is 10.6. The Labute approximate surface area is 125 Å². The third-order valence-corrected chi connectivity index (χ3v) is 9.53. The van der Waals surface area contributed by atoms with Gasteiger partial charge >= 0.3 is 0 Å². The van der Waals surface area contributed by atoms with E-state index in [9.17, 15) is 0 Å². The molecule has 0 amide bonds. The van der Waals surface area contributed by atoms with Gasteiger partial charge in [0.1, 0.15) is 0 Å². The summed E-state index contributed by atoms with van der Waals surface area (Å²) in [7, 11) is -1.63. The first-order valence-electron chi connectivity index (χ1n) is 7.71. The minimum atomic E-state index is -1.63. The molecule has 1 heterocycles. The molecule has 1 fully saturated rings. The lowest BCUT2D eigenvalue weighted by Crippen LogP contribution is -2.42. The smallest absolute Gasteiger partial charge is 0.191 e. The molecule has 3 heteroatoms. The lowest BCUT2D eigenvalue weighted by Gasteiger charge is -2.37. The Hall–Kier alpha value is -0.643. The summed E-state index contributed by atoms with van der Waals surface area (Å²) in [5, 5.41) is 3.82. The van der Waals surface area contributed by atoms with Gasteiger partial charge in [-0.1, -0.05) is 51.1 Å². The molecule has 0 radical (unpaired) electrons. The van der Waals surface area contributed by atoms with Crippen molar-refractivity contribution in [3.8, 4) is 0 Å². The van der Waals surface area contributed by atoms with Crippen molar-refractivity contribution < 1.29 is 4.43 Å². The van der Waals surface area contributed by atoms with E-state index in [4.69, 9.17) is 4.43 Å². The molecule has 2 nitrogen and oxygen atoms in total. The second kappa shape index (κ2) is 6.00. The van der Waals surface area contributed by atoms with Crippen molar-refractivity contribution in [1.82, 2.24) is 5.32 Å². The zero-order chi connectivity index (χ0) is 14.8. The highest BCUT2D eigenvalue weighted by atomic mass is 28.4. The van der Waals surface area contributed by atoms with E-state index in [1.165, 1.54) is 5.56 Å². The molecule has 20 heavy (non-hydrogen) atoms. The van der Waals surface area contributed by atoms with Crippen LogP contribution in [0, 0.1) is 5.92 Å². The molecule has 1 aliphatic heterocycles. The Morgan fingerprint density at radius 2 is 1.80 bits per heavy atom. The molecule has 1 N–H and O–H groups in total. The van der Waals surface area contributed by atoms with Gasteiger partial charge in [-0.15, -0.1) is 0 Å². The fourth-order valence-corrected chi connectivity index (χ4v) is 3.59. The average molecular weight is 292 g/mol. The third kappa shape index (κ3) is 3.51. The van der Waals surface area contributed by atoms with Crippen LogP contribution in [0.1, 0.15) is 32.3 Å². The average Bonchev–Trinajstić information content (AvgIpc) is 2.84. The predicted octanol–water partition coefficient (Wildman–Crippen LogP) is 4.01. The monoisotopic (exact) mass is 291 g/mol. The third-order valence-electron chi connectivity index (χ3n) is 5.03. The normalized spacial score (nSPS) is 24.1. The molecule has 112 valence electrons. The zero-order valence-corrected chi connectivity index (χ0v) is 14.6. The molecule has 2 atom stereocenters. The summed E-state index contributed by atoms with van der Waals surface area (Å²) < 4.78 is 6.43. The molecule has 2 rings (SSSR count). The van der Waals surface area contributed by atoms with Crippen LogP contribution in [-0.4, -0.2) is 28.0 Å². The highest BCUT2D eigenvalue weighted by Crippen LogP contribution is 2.38. The standard InChI is InChI=1S/C17H29NOSi/c1-17(2,3)20(4,5)19-13-15-11-18-12-16(15)14-9-7-6-8-10-14/h6-10,15-16,18H,11-13H2,1-5H3. The van der Waals surface area contributed by atoms with Crippen LogP contribution >= 0.6 is 0 Å². The van der Waals surface area contributed by atoms with Gasteiger partial charge in [-0.2, -0.15) is 0 Å². The number of benzene rings is 1. The number of hydrogen-bond donors (Lipinski definition) is 1.